The Hall–Kier alpha value is -0.440. The molecule has 0 unspecified atom stereocenters. The number of carbonyl (C=O) groups is 1. The van der Waals surface area contributed by atoms with Gasteiger partial charge in [-0.15, -0.1) is 12.6 Å². The number of benzene rings is 8. The molecule has 20 nitrogen and oxygen atoms in total. The second-order valence-corrected chi connectivity index (χ2v) is 45.6. The molecule has 2 fully saturated rings. The normalized spacial score (nSPS) is 13.0. The Morgan fingerprint density at radius 1 is 0.325 bits per heavy atom. The molecule has 41 heteroatoms. The minimum absolute atomic E-state index is 0. The fourth-order valence-electron chi connectivity index (χ4n) is 12.6. The summed E-state index contributed by atoms with van der Waals surface area (Å²) in [6.45, 7) is 18.8. The van der Waals surface area contributed by atoms with Crippen LogP contribution in [0.4, 0.5) is 0 Å². The molecule has 0 saturated carbocycles. The minimum atomic E-state index is -4.25. The molecular weight excluding hydrogens is 1960 g/mol. The summed E-state index contributed by atoms with van der Waals surface area (Å²) in [4.78, 5) is 31.5. The number of thiocarbonyl (C=S) groups is 4. The van der Waals surface area contributed by atoms with Crippen molar-refractivity contribution in [3.05, 3.63) is 287 Å². The molecule has 2 aliphatic heterocycles. The molecule has 0 spiro atoms. The molecule has 0 aliphatic carbocycles. The Morgan fingerprint density at radius 3 is 0.659 bits per heavy atom. The predicted molar refractivity (Wildman–Crippen MR) is 537 cm³/mol. The first kappa shape index (κ1) is 122. The molecule has 662 valence electrons. The molecule has 10 rings (SSSR count). The summed E-state index contributed by atoms with van der Waals surface area (Å²) < 4.78 is 92.4. The van der Waals surface area contributed by atoms with Gasteiger partial charge in [0.15, 0.2) is 0 Å². The Labute approximate surface area is 903 Å². The monoisotopic (exact) mass is 2060 g/mol. The van der Waals surface area contributed by atoms with Crippen molar-refractivity contribution in [3.8, 4) is 0 Å². The van der Waals surface area contributed by atoms with E-state index >= 15 is 0 Å². The molecule has 126 heavy (non-hydrogen) atoms. The van der Waals surface area contributed by atoms with Gasteiger partial charge in [0, 0.05) is 114 Å². The van der Waals surface area contributed by atoms with Gasteiger partial charge in [0.2, 0.25) is 0 Å². The van der Waals surface area contributed by atoms with Gasteiger partial charge in [-0.25, -0.2) is 16.8 Å². The average molecular weight is 2060 g/mol. The summed E-state index contributed by atoms with van der Waals surface area (Å²) >= 11 is 33.5. The third-order valence-electron chi connectivity index (χ3n) is 18.0. The number of rotatable bonds is 44. The summed E-state index contributed by atoms with van der Waals surface area (Å²) in [6.07, 6.45) is 5.39. The number of carbonyl (C=O) groups excluding carboxylic acids is 1. The molecular formula is C85H106N10Na4O10S17. The van der Waals surface area contributed by atoms with E-state index in [9.17, 15) is 25.9 Å². The first-order valence-electron chi connectivity index (χ1n) is 39.2. The molecule has 8 aromatic carbocycles. The van der Waals surface area contributed by atoms with E-state index < -0.39 is 28.9 Å². The van der Waals surface area contributed by atoms with Crippen molar-refractivity contribution in [3.63, 3.8) is 0 Å². The van der Waals surface area contributed by atoms with Gasteiger partial charge < -0.3 is 71.0 Å². The van der Waals surface area contributed by atoms with E-state index in [0.717, 1.165) is 168 Å². The number of hydrogen-bond donors (Lipinski definition) is 0. The molecule has 8 aromatic rings. The van der Waals surface area contributed by atoms with Gasteiger partial charge in [-0.2, -0.15) is 5.75 Å². The van der Waals surface area contributed by atoms with Crippen LogP contribution < -0.4 is 118 Å². The van der Waals surface area contributed by atoms with E-state index in [1.54, 1.807) is 32.4 Å². The van der Waals surface area contributed by atoms with Crippen LogP contribution in [-0.4, -0.2) is 225 Å². The summed E-state index contributed by atoms with van der Waals surface area (Å²) in [5.74, 6) is 4.32. The van der Waals surface area contributed by atoms with Crippen molar-refractivity contribution in [1.29, 1.82) is 0 Å². The van der Waals surface area contributed by atoms with Crippen LogP contribution in [0.2, 0.25) is 0 Å². The smallest absolute Gasteiger partial charge is 0.793 e. The maximum atomic E-state index is 10.6. The fraction of sp³-hybridized carbons (Fsp3) is 0.376. The quantitative estimate of drug-likeness (QED) is 0.0119. The van der Waals surface area contributed by atoms with Crippen molar-refractivity contribution < 1.29 is 162 Å². The zero-order chi connectivity index (χ0) is 87.8. The van der Waals surface area contributed by atoms with Crippen molar-refractivity contribution >= 4 is 213 Å². The molecule has 0 aromatic heterocycles. The first-order chi connectivity index (χ1) is 59.0. The van der Waals surface area contributed by atoms with E-state index in [1.807, 2.05) is 80.5 Å². The maximum Gasteiger partial charge on any atom is 1.00 e. The standard InChI is InChI=1S/C57H66N6S9.C15H15NS2.C12H27N3O6S5.CH2O.4Na.O3S/c64-55(61(40-49-22-7-1-8-23-49)41-50-24-9-2-10-25-50)70-67-37-19-34-58-46-59(35-20-38-68-71-56(65)62(42-51-26-11-3-12-27-51)43-52-28-13-4-14-29-52)48-60(47-58)36-21-39-69-72-57(66)63(44-53-30-15-5-16-31-53)45-54-32-17-6-18-33-54;17-15(18)16(11-13-7-3-1-4-8-13)12-14-9-5-2-6-10-14;16-25(17,18)23-8-2-5-14-10-13(4-1-7-22)11-15(12-14)6-3-9-24-26(19,20)21;1-2;;;;;1-4(2)3/h1-18,22-33H,19-21,34-48H2;1-10H,11-12H2,(H,17,18);22H,1-12H2,(H,16,17,18)(H,19,20,21);1H2;;;;;/q;;;;4*+1;/p-4. The molecule has 0 amide bonds. The maximum absolute atomic E-state index is 10.6. The Balaban J connectivity index is 0.000000810. The third-order valence-corrected chi connectivity index (χ3v) is 32.4. The second-order valence-electron chi connectivity index (χ2n) is 27.8. The molecule has 0 atom stereocenters. The van der Waals surface area contributed by atoms with Crippen LogP contribution in [0.1, 0.15) is 83.0 Å². The first-order valence-corrected chi connectivity index (χ1v) is 55.6. The van der Waals surface area contributed by atoms with Gasteiger partial charge in [-0.1, -0.05) is 322 Å². The largest absolute Gasteiger partial charge is 1.00 e. The number of hydrogen-bond acceptors (Lipinski definition) is 30. The SMILES string of the molecule is C=O.O=S(=O)([O-])SCCCN1CN(CCC[S-])CN(CCCSS(=O)(=O)[O-])C1.O=S(=O)=O.S=C(SSCCCN1CN(CCCSSC(=S)N(Cc2ccccc2)Cc2ccccc2)CN(CCCSSC(=S)N(Cc2ccccc2)Cc2ccccc2)C1)N(Cc1ccccc1)Cc1ccccc1.S=C([S-])N(Cc1ccccc1)Cc1ccccc1.[Na+].[Na+].[Na+].[Na+]. The summed E-state index contributed by atoms with van der Waals surface area (Å²) in [7, 11) is 0.153. The van der Waals surface area contributed by atoms with Crippen LogP contribution in [0.25, 0.3) is 0 Å². The summed E-state index contributed by atoms with van der Waals surface area (Å²) in [5, 5.41) is 0. The zero-order valence-corrected chi connectivity index (χ0v) is 93.8. The van der Waals surface area contributed by atoms with E-state index in [1.165, 1.54) is 44.5 Å². The van der Waals surface area contributed by atoms with Gasteiger partial charge in [-0.05, 0) is 137 Å². The molecule has 0 bridgehead atoms. The Kier molecular flexibility index (Phi) is 71.2. The molecule has 0 N–H and O–H groups in total. The van der Waals surface area contributed by atoms with Crippen molar-refractivity contribution in [2.75, 3.05) is 114 Å². The minimum Gasteiger partial charge on any atom is -0.793 e. The van der Waals surface area contributed by atoms with Gasteiger partial charge in [0.05, 0.1) is 40.0 Å². The zero-order valence-electron chi connectivity index (χ0n) is 71.9. The Bertz CT molecular complexity index is 4100. The fourth-order valence-corrected chi connectivity index (χ4v) is 23.2. The van der Waals surface area contributed by atoms with Crippen molar-refractivity contribution in [1.82, 2.24) is 49.0 Å². The molecule has 2 heterocycles. The van der Waals surface area contributed by atoms with Gasteiger partial charge in [0.1, 0.15) is 38.1 Å². The number of nitrogens with zero attached hydrogens (tertiary/aromatic N) is 10. The van der Waals surface area contributed by atoms with Crippen LogP contribution in [0.3, 0.4) is 0 Å². The van der Waals surface area contributed by atoms with Crippen LogP contribution in [0.15, 0.2) is 243 Å². The summed E-state index contributed by atoms with van der Waals surface area (Å²) in [5.41, 5.74) is 10.1. The van der Waals surface area contributed by atoms with Crippen molar-refractivity contribution in [2.45, 2.75) is 90.9 Å². The van der Waals surface area contributed by atoms with Crippen LogP contribution in [-0.2, 0) is 111 Å². The Morgan fingerprint density at radius 2 is 0.492 bits per heavy atom. The van der Waals surface area contributed by atoms with E-state index in [-0.39, 0.29) is 130 Å². The van der Waals surface area contributed by atoms with Crippen molar-refractivity contribution in [2.24, 2.45) is 0 Å². The van der Waals surface area contributed by atoms with Crippen LogP contribution >= 0.6 is 135 Å². The topological polar surface area (TPSA) is 215 Å². The van der Waals surface area contributed by atoms with E-state index in [0.29, 0.717) is 64.3 Å². The van der Waals surface area contributed by atoms with Crippen LogP contribution in [0, 0.1) is 0 Å². The molecule has 0 radical (unpaired) electrons. The van der Waals surface area contributed by atoms with Gasteiger partial charge in [-0.3, -0.25) is 29.4 Å². The van der Waals surface area contributed by atoms with E-state index in [4.69, 9.17) is 91.6 Å². The molecule has 2 aliphatic rings. The van der Waals surface area contributed by atoms with Gasteiger partial charge in [0.25, 0.3) is 0 Å². The molecule has 2 saturated heterocycles. The second kappa shape index (κ2) is 73.8. The van der Waals surface area contributed by atoms with Gasteiger partial charge >= 0.3 is 129 Å². The summed E-state index contributed by atoms with van der Waals surface area (Å²) in [6, 6.07) is 84.5. The van der Waals surface area contributed by atoms with E-state index in [2.05, 4.69) is 250 Å². The average Bonchev–Trinajstić information content (AvgIpc) is 0.874. The van der Waals surface area contributed by atoms with Crippen LogP contribution in [0.5, 0.6) is 0 Å². The third kappa shape index (κ3) is 57.6. The predicted octanol–water partition coefficient (Wildman–Crippen LogP) is 5.29.